The SMILES string of the molecule is COC(=O)CCC1CC(N)CN(CC2CCCCC2)C1. The summed E-state index contributed by atoms with van der Waals surface area (Å²) in [6.45, 7) is 3.36. The summed E-state index contributed by atoms with van der Waals surface area (Å²) in [5.41, 5.74) is 6.20. The Hall–Kier alpha value is -0.610. The van der Waals surface area contributed by atoms with E-state index in [1.54, 1.807) is 0 Å². The first-order chi connectivity index (χ1) is 9.67. The van der Waals surface area contributed by atoms with Gasteiger partial charge in [0.1, 0.15) is 0 Å². The topological polar surface area (TPSA) is 55.6 Å². The van der Waals surface area contributed by atoms with E-state index in [-0.39, 0.29) is 12.0 Å². The molecule has 0 bridgehead atoms. The van der Waals surface area contributed by atoms with E-state index in [4.69, 9.17) is 10.5 Å². The Bertz CT molecular complexity index is 303. The maximum absolute atomic E-state index is 11.3. The molecule has 2 N–H and O–H groups in total. The molecule has 0 spiro atoms. The number of carbonyl (C=O) groups is 1. The zero-order valence-corrected chi connectivity index (χ0v) is 12.9. The predicted octanol–water partition coefficient (Wildman–Crippen LogP) is 2.17. The van der Waals surface area contributed by atoms with Crippen LogP contribution in [0.5, 0.6) is 0 Å². The maximum atomic E-state index is 11.3. The number of methoxy groups -OCH3 is 1. The van der Waals surface area contributed by atoms with Gasteiger partial charge < -0.3 is 15.4 Å². The van der Waals surface area contributed by atoms with Crippen LogP contribution in [-0.2, 0) is 9.53 Å². The van der Waals surface area contributed by atoms with Gasteiger partial charge in [-0.05, 0) is 37.5 Å². The summed E-state index contributed by atoms with van der Waals surface area (Å²) >= 11 is 0. The second-order valence-electron chi connectivity index (χ2n) is 6.70. The first-order valence-electron chi connectivity index (χ1n) is 8.22. The molecule has 2 atom stereocenters. The Balaban J connectivity index is 1.76. The first kappa shape index (κ1) is 15.8. The fourth-order valence-electron chi connectivity index (χ4n) is 3.87. The molecule has 116 valence electrons. The number of esters is 1. The summed E-state index contributed by atoms with van der Waals surface area (Å²) in [5, 5.41) is 0. The predicted molar refractivity (Wildman–Crippen MR) is 80.3 cm³/mol. The number of ether oxygens (including phenoxy) is 1. The van der Waals surface area contributed by atoms with Gasteiger partial charge in [-0.2, -0.15) is 0 Å². The van der Waals surface area contributed by atoms with Crippen LogP contribution in [0.3, 0.4) is 0 Å². The van der Waals surface area contributed by atoms with Crippen LogP contribution >= 0.6 is 0 Å². The summed E-state index contributed by atoms with van der Waals surface area (Å²) in [6.07, 6.45) is 9.49. The van der Waals surface area contributed by atoms with Crippen molar-refractivity contribution in [2.75, 3.05) is 26.7 Å². The molecule has 4 nitrogen and oxygen atoms in total. The van der Waals surface area contributed by atoms with Gasteiger partial charge in [0.25, 0.3) is 0 Å². The van der Waals surface area contributed by atoms with Crippen molar-refractivity contribution in [1.29, 1.82) is 0 Å². The fourth-order valence-corrected chi connectivity index (χ4v) is 3.87. The lowest BCUT2D eigenvalue weighted by molar-refractivity contribution is -0.141. The molecule has 0 aromatic carbocycles. The van der Waals surface area contributed by atoms with Crippen LogP contribution in [0.1, 0.15) is 51.4 Å². The number of hydrogen-bond donors (Lipinski definition) is 1. The van der Waals surface area contributed by atoms with Crippen LogP contribution in [0, 0.1) is 11.8 Å². The Morgan fingerprint density at radius 2 is 1.95 bits per heavy atom. The molecule has 0 radical (unpaired) electrons. The standard InChI is InChI=1S/C16H30N2O2/c1-20-16(19)8-7-14-9-15(17)12-18(11-14)10-13-5-3-2-4-6-13/h13-15H,2-12,17H2,1H3. The van der Waals surface area contributed by atoms with Crippen molar-refractivity contribution < 1.29 is 9.53 Å². The van der Waals surface area contributed by atoms with Gasteiger partial charge >= 0.3 is 5.97 Å². The molecule has 0 aromatic rings. The molecule has 0 amide bonds. The number of piperidine rings is 1. The number of carbonyl (C=O) groups excluding carboxylic acids is 1. The lowest BCUT2D eigenvalue weighted by atomic mass is 9.86. The molecule has 1 saturated heterocycles. The molecule has 4 heteroatoms. The van der Waals surface area contributed by atoms with Crippen molar-refractivity contribution in [3.63, 3.8) is 0 Å². The Labute approximate surface area is 123 Å². The molecule has 1 heterocycles. The second-order valence-corrected chi connectivity index (χ2v) is 6.70. The lowest BCUT2D eigenvalue weighted by Gasteiger charge is -2.38. The van der Waals surface area contributed by atoms with Crippen molar-refractivity contribution in [3.05, 3.63) is 0 Å². The number of rotatable bonds is 5. The van der Waals surface area contributed by atoms with Gasteiger partial charge in [0, 0.05) is 32.1 Å². The summed E-state index contributed by atoms with van der Waals surface area (Å²) in [6, 6.07) is 0.273. The molecular formula is C16H30N2O2. The number of likely N-dealkylation sites (tertiary alicyclic amines) is 1. The van der Waals surface area contributed by atoms with Gasteiger partial charge in [0.05, 0.1) is 7.11 Å². The largest absolute Gasteiger partial charge is 0.469 e. The number of nitrogens with zero attached hydrogens (tertiary/aromatic N) is 1. The molecule has 1 aliphatic carbocycles. The maximum Gasteiger partial charge on any atom is 0.305 e. The van der Waals surface area contributed by atoms with E-state index in [2.05, 4.69) is 4.90 Å². The highest BCUT2D eigenvalue weighted by molar-refractivity contribution is 5.69. The van der Waals surface area contributed by atoms with E-state index < -0.39 is 0 Å². The molecule has 2 aliphatic rings. The molecule has 1 aliphatic heterocycles. The smallest absolute Gasteiger partial charge is 0.305 e. The third-order valence-corrected chi connectivity index (χ3v) is 4.87. The first-order valence-corrected chi connectivity index (χ1v) is 8.22. The van der Waals surface area contributed by atoms with E-state index in [0.717, 1.165) is 31.8 Å². The van der Waals surface area contributed by atoms with E-state index in [9.17, 15) is 4.79 Å². The Morgan fingerprint density at radius 1 is 1.20 bits per heavy atom. The monoisotopic (exact) mass is 282 g/mol. The van der Waals surface area contributed by atoms with Crippen LogP contribution in [-0.4, -0.2) is 43.7 Å². The van der Waals surface area contributed by atoms with Crippen molar-refractivity contribution in [2.24, 2.45) is 17.6 Å². The molecule has 0 aromatic heterocycles. The van der Waals surface area contributed by atoms with Gasteiger partial charge in [-0.15, -0.1) is 0 Å². The highest BCUT2D eigenvalue weighted by Crippen LogP contribution is 2.27. The van der Waals surface area contributed by atoms with E-state index in [1.807, 2.05) is 0 Å². The van der Waals surface area contributed by atoms with Crippen molar-refractivity contribution in [1.82, 2.24) is 4.90 Å². The summed E-state index contributed by atoms with van der Waals surface area (Å²) < 4.78 is 4.73. The minimum Gasteiger partial charge on any atom is -0.469 e. The van der Waals surface area contributed by atoms with E-state index in [1.165, 1.54) is 45.8 Å². The fraction of sp³-hybridized carbons (Fsp3) is 0.938. The number of hydrogen-bond acceptors (Lipinski definition) is 4. The minimum absolute atomic E-state index is 0.0945. The Kier molecular flexibility index (Phi) is 6.30. The molecule has 2 rings (SSSR count). The van der Waals surface area contributed by atoms with Gasteiger partial charge in [-0.3, -0.25) is 4.79 Å². The normalized spacial score (nSPS) is 29.3. The second kappa shape index (κ2) is 7.99. The van der Waals surface area contributed by atoms with Gasteiger partial charge in [0.2, 0.25) is 0 Å². The van der Waals surface area contributed by atoms with Crippen molar-refractivity contribution >= 4 is 5.97 Å². The molecule has 2 unspecified atom stereocenters. The summed E-state index contributed by atoms with van der Waals surface area (Å²) in [5.74, 6) is 1.33. The molecule has 20 heavy (non-hydrogen) atoms. The van der Waals surface area contributed by atoms with Gasteiger partial charge in [-0.25, -0.2) is 0 Å². The van der Waals surface area contributed by atoms with Gasteiger partial charge in [-0.1, -0.05) is 19.3 Å². The van der Waals surface area contributed by atoms with Crippen molar-refractivity contribution in [3.8, 4) is 0 Å². The third kappa shape index (κ3) is 5.06. The zero-order chi connectivity index (χ0) is 14.4. The van der Waals surface area contributed by atoms with Crippen molar-refractivity contribution in [2.45, 2.75) is 57.4 Å². The summed E-state index contributed by atoms with van der Waals surface area (Å²) in [4.78, 5) is 13.8. The molecular weight excluding hydrogens is 252 g/mol. The molecule has 1 saturated carbocycles. The third-order valence-electron chi connectivity index (χ3n) is 4.87. The van der Waals surface area contributed by atoms with E-state index in [0.29, 0.717) is 12.3 Å². The van der Waals surface area contributed by atoms with Crippen LogP contribution in [0.15, 0.2) is 0 Å². The van der Waals surface area contributed by atoms with Crippen LogP contribution in [0.25, 0.3) is 0 Å². The highest BCUT2D eigenvalue weighted by atomic mass is 16.5. The quantitative estimate of drug-likeness (QED) is 0.785. The Morgan fingerprint density at radius 3 is 2.65 bits per heavy atom. The molecule has 2 fully saturated rings. The average molecular weight is 282 g/mol. The van der Waals surface area contributed by atoms with Gasteiger partial charge in [0.15, 0.2) is 0 Å². The van der Waals surface area contributed by atoms with Crippen LogP contribution in [0.2, 0.25) is 0 Å². The summed E-state index contributed by atoms with van der Waals surface area (Å²) in [7, 11) is 1.46. The highest BCUT2D eigenvalue weighted by Gasteiger charge is 2.27. The number of nitrogens with two attached hydrogens (primary N) is 1. The lowest BCUT2D eigenvalue weighted by Crippen LogP contribution is -2.48. The average Bonchev–Trinajstić information content (AvgIpc) is 2.45. The van der Waals surface area contributed by atoms with E-state index >= 15 is 0 Å². The minimum atomic E-state index is -0.0945. The van der Waals surface area contributed by atoms with Crippen LogP contribution < -0.4 is 5.73 Å². The van der Waals surface area contributed by atoms with Crippen LogP contribution in [0.4, 0.5) is 0 Å². The zero-order valence-electron chi connectivity index (χ0n) is 12.9.